The highest BCUT2D eigenvalue weighted by Gasteiger charge is 2.06. The molecule has 0 radical (unpaired) electrons. The lowest BCUT2D eigenvalue weighted by Crippen LogP contribution is -2.05. The monoisotopic (exact) mass is 309 g/mol. The molecule has 0 saturated heterocycles. The van der Waals surface area contributed by atoms with E-state index in [4.69, 9.17) is 4.74 Å². The Balaban J connectivity index is 1.78. The summed E-state index contributed by atoms with van der Waals surface area (Å²) in [4.78, 5) is 23.5. The fraction of sp³-hybridized carbons (Fsp3) is 0.125. The van der Waals surface area contributed by atoms with Crippen LogP contribution in [-0.4, -0.2) is 25.4 Å². The average Bonchev–Trinajstić information content (AvgIpc) is 2.95. The normalized spacial score (nSPS) is 10.3. The lowest BCUT2D eigenvalue weighted by molar-refractivity contribution is -0.114. The lowest BCUT2D eigenvalue weighted by Gasteiger charge is -2.08. The van der Waals surface area contributed by atoms with Crippen LogP contribution in [0.5, 0.6) is 11.6 Å². The number of ether oxygens (including phenoxy) is 1. The largest absolute Gasteiger partial charge is 0.439 e. The molecule has 0 fully saturated rings. The molecule has 2 heterocycles. The van der Waals surface area contributed by atoms with Gasteiger partial charge in [0, 0.05) is 31.1 Å². The molecule has 23 heavy (non-hydrogen) atoms. The summed E-state index contributed by atoms with van der Waals surface area (Å²) in [6.45, 7) is 3.36. The first-order chi connectivity index (χ1) is 11.1. The molecule has 116 valence electrons. The molecular formula is C16H15N5O2. The number of benzene rings is 1. The van der Waals surface area contributed by atoms with Gasteiger partial charge in [-0.15, -0.1) is 0 Å². The zero-order chi connectivity index (χ0) is 16.2. The molecule has 1 N–H and O–H groups in total. The molecule has 1 amide bonds. The minimum absolute atomic E-state index is 0.116. The van der Waals surface area contributed by atoms with Gasteiger partial charge in [-0.1, -0.05) is 0 Å². The maximum absolute atomic E-state index is 11.0. The minimum atomic E-state index is -0.116. The van der Waals surface area contributed by atoms with Gasteiger partial charge in [0.15, 0.2) is 0 Å². The Bertz CT molecular complexity index is 826. The van der Waals surface area contributed by atoms with Gasteiger partial charge in [-0.25, -0.2) is 15.0 Å². The highest BCUT2D eigenvalue weighted by molar-refractivity contribution is 5.88. The lowest BCUT2D eigenvalue weighted by atomic mass is 10.3. The van der Waals surface area contributed by atoms with Crippen LogP contribution < -0.4 is 10.1 Å². The second-order valence-corrected chi connectivity index (χ2v) is 4.87. The molecule has 0 bridgehead atoms. The maximum atomic E-state index is 11.0. The predicted molar refractivity (Wildman–Crippen MR) is 84.7 cm³/mol. The van der Waals surface area contributed by atoms with Crippen molar-refractivity contribution < 1.29 is 9.53 Å². The molecule has 0 aliphatic carbocycles. The van der Waals surface area contributed by atoms with Crippen molar-refractivity contribution in [2.75, 3.05) is 5.32 Å². The van der Waals surface area contributed by atoms with E-state index >= 15 is 0 Å². The summed E-state index contributed by atoms with van der Waals surface area (Å²) in [7, 11) is 0. The number of hydrogen-bond acceptors (Lipinski definition) is 5. The van der Waals surface area contributed by atoms with Crippen LogP contribution in [0.1, 0.15) is 12.7 Å². The van der Waals surface area contributed by atoms with Crippen LogP contribution in [0.4, 0.5) is 5.69 Å². The van der Waals surface area contributed by atoms with Gasteiger partial charge in [-0.3, -0.25) is 9.36 Å². The zero-order valence-corrected chi connectivity index (χ0v) is 12.7. The van der Waals surface area contributed by atoms with E-state index in [1.54, 1.807) is 36.5 Å². The summed E-state index contributed by atoms with van der Waals surface area (Å²) in [5.41, 5.74) is 0.710. The second kappa shape index (κ2) is 6.27. The van der Waals surface area contributed by atoms with Gasteiger partial charge in [0.1, 0.15) is 23.7 Å². The Labute approximate surface area is 133 Å². The van der Waals surface area contributed by atoms with Gasteiger partial charge in [-0.2, -0.15) is 0 Å². The maximum Gasteiger partial charge on any atom is 0.224 e. The van der Waals surface area contributed by atoms with Gasteiger partial charge in [0.05, 0.1) is 0 Å². The van der Waals surface area contributed by atoms with Crippen molar-refractivity contribution in [1.29, 1.82) is 0 Å². The second-order valence-electron chi connectivity index (χ2n) is 4.87. The highest BCUT2D eigenvalue weighted by Crippen LogP contribution is 2.22. The fourth-order valence-electron chi connectivity index (χ4n) is 2.07. The van der Waals surface area contributed by atoms with E-state index in [0.29, 0.717) is 23.1 Å². The number of amides is 1. The molecule has 7 heteroatoms. The predicted octanol–water partition coefficient (Wildman–Crippen LogP) is 2.72. The van der Waals surface area contributed by atoms with Crippen LogP contribution in [-0.2, 0) is 4.79 Å². The summed E-state index contributed by atoms with van der Waals surface area (Å²) < 4.78 is 7.56. The van der Waals surface area contributed by atoms with E-state index in [0.717, 1.165) is 5.82 Å². The molecule has 0 unspecified atom stereocenters. The van der Waals surface area contributed by atoms with Crippen LogP contribution in [0.15, 0.2) is 49.1 Å². The molecular weight excluding hydrogens is 294 g/mol. The van der Waals surface area contributed by atoms with Crippen LogP contribution in [0, 0.1) is 6.92 Å². The smallest absolute Gasteiger partial charge is 0.224 e. The summed E-state index contributed by atoms with van der Waals surface area (Å²) in [6.07, 6.45) is 4.97. The summed E-state index contributed by atoms with van der Waals surface area (Å²) in [5.74, 6) is 2.44. The summed E-state index contributed by atoms with van der Waals surface area (Å²) in [6, 6.07) is 8.78. The molecule has 2 aromatic heterocycles. The van der Waals surface area contributed by atoms with E-state index in [1.165, 1.54) is 13.3 Å². The number of imidazole rings is 1. The van der Waals surface area contributed by atoms with Gasteiger partial charge >= 0.3 is 0 Å². The highest BCUT2D eigenvalue weighted by atomic mass is 16.5. The molecule has 3 rings (SSSR count). The first kappa shape index (κ1) is 14.7. The molecule has 0 saturated carbocycles. The molecule has 1 aromatic carbocycles. The number of hydrogen-bond donors (Lipinski definition) is 1. The Hall–Kier alpha value is -3.22. The van der Waals surface area contributed by atoms with Crippen molar-refractivity contribution >= 4 is 11.6 Å². The number of nitrogens with zero attached hydrogens (tertiary/aromatic N) is 4. The molecule has 0 aliphatic rings. The first-order valence-corrected chi connectivity index (χ1v) is 7.00. The van der Waals surface area contributed by atoms with Crippen LogP contribution in [0.25, 0.3) is 5.82 Å². The van der Waals surface area contributed by atoms with E-state index < -0.39 is 0 Å². The van der Waals surface area contributed by atoms with Crippen LogP contribution in [0.2, 0.25) is 0 Å². The number of rotatable bonds is 4. The van der Waals surface area contributed by atoms with Crippen LogP contribution >= 0.6 is 0 Å². The summed E-state index contributed by atoms with van der Waals surface area (Å²) >= 11 is 0. The first-order valence-electron chi connectivity index (χ1n) is 7.00. The third-order valence-corrected chi connectivity index (χ3v) is 3.10. The Morgan fingerprint density at radius 2 is 1.96 bits per heavy atom. The Morgan fingerprint density at radius 3 is 2.61 bits per heavy atom. The number of aromatic nitrogens is 4. The molecule has 7 nitrogen and oxygen atoms in total. The zero-order valence-electron chi connectivity index (χ0n) is 12.7. The number of nitrogens with one attached hydrogen (secondary N) is 1. The van der Waals surface area contributed by atoms with Crippen molar-refractivity contribution in [2.45, 2.75) is 13.8 Å². The topological polar surface area (TPSA) is 81.9 Å². The van der Waals surface area contributed by atoms with Gasteiger partial charge in [0.2, 0.25) is 11.8 Å². The van der Waals surface area contributed by atoms with Gasteiger partial charge in [0.25, 0.3) is 0 Å². The van der Waals surface area contributed by atoms with E-state index in [2.05, 4.69) is 20.3 Å². The Kier molecular flexibility index (Phi) is 4.01. The third kappa shape index (κ3) is 3.52. The van der Waals surface area contributed by atoms with Crippen molar-refractivity contribution in [2.24, 2.45) is 0 Å². The van der Waals surface area contributed by atoms with Crippen molar-refractivity contribution in [3.8, 4) is 17.4 Å². The van der Waals surface area contributed by atoms with Gasteiger partial charge < -0.3 is 10.1 Å². The van der Waals surface area contributed by atoms with Crippen molar-refractivity contribution in [3.05, 3.63) is 54.9 Å². The quantitative estimate of drug-likeness (QED) is 0.801. The molecule has 0 atom stereocenters. The molecule has 3 aromatic rings. The van der Waals surface area contributed by atoms with Crippen molar-refractivity contribution in [3.63, 3.8) is 0 Å². The number of carbonyl (C=O) groups excluding carboxylic acids is 1. The minimum Gasteiger partial charge on any atom is -0.439 e. The van der Waals surface area contributed by atoms with E-state index in [1.807, 2.05) is 17.7 Å². The Morgan fingerprint density at radius 1 is 1.17 bits per heavy atom. The standard InChI is InChI=1S/C16H15N5O2/c1-11-17-7-8-21(11)15-9-16(19-10-18-15)23-14-5-3-13(4-6-14)20-12(2)22/h3-10H,1-2H3,(H,20,22). The number of anilines is 1. The van der Waals surface area contributed by atoms with Crippen LogP contribution in [0.3, 0.4) is 0 Å². The number of aryl methyl sites for hydroxylation is 1. The van der Waals surface area contributed by atoms with Crippen molar-refractivity contribution in [1.82, 2.24) is 19.5 Å². The average molecular weight is 309 g/mol. The van der Waals surface area contributed by atoms with E-state index in [9.17, 15) is 4.79 Å². The van der Waals surface area contributed by atoms with Gasteiger partial charge in [-0.05, 0) is 31.2 Å². The SMILES string of the molecule is CC(=O)Nc1ccc(Oc2cc(-n3ccnc3C)ncn2)cc1. The molecule has 0 aliphatic heterocycles. The summed E-state index contributed by atoms with van der Waals surface area (Å²) in [5, 5.41) is 2.70. The van der Waals surface area contributed by atoms with E-state index in [-0.39, 0.29) is 5.91 Å². The fourth-order valence-corrected chi connectivity index (χ4v) is 2.07. The third-order valence-electron chi connectivity index (χ3n) is 3.10. The molecule has 0 spiro atoms. The number of carbonyl (C=O) groups is 1.